The van der Waals surface area contributed by atoms with Crippen LogP contribution in [0.1, 0.15) is 42.0 Å². The van der Waals surface area contributed by atoms with E-state index in [0.717, 1.165) is 12.3 Å². The summed E-state index contributed by atoms with van der Waals surface area (Å²) in [4.78, 5) is 0. The average Bonchev–Trinajstić information content (AvgIpc) is 2.32. The Bertz CT molecular complexity index is 412. The summed E-state index contributed by atoms with van der Waals surface area (Å²) in [5.41, 5.74) is 7.56. The number of aryl methyl sites for hydroxylation is 1. The number of hydrogen-bond donors (Lipinski definition) is 0. The van der Waals surface area contributed by atoms with Gasteiger partial charge in [0, 0.05) is 0 Å². The zero-order chi connectivity index (χ0) is 11.7. The van der Waals surface area contributed by atoms with Crippen LogP contribution in [0.15, 0.2) is 24.3 Å². The van der Waals surface area contributed by atoms with Crippen molar-refractivity contribution in [1.29, 1.82) is 0 Å². The van der Waals surface area contributed by atoms with Crippen molar-refractivity contribution in [3.8, 4) is 0 Å². The Kier molecular flexibility index (Phi) is 3.18. The van der Waals surface area contributed by atoms with Crippen LogP contribution in [-0.2, 0) is 12.8 Å². The van der Waals surface area contributed by atoms with E-state index in [2.05, 4.69) is 39.5 Å². The molecule has 0 heteroatoms. The lowest BCUT2D eigenvalue weighted by molar-refractivity contribution is 0.513. The zero-order valence-electron chi connectivity index (χ0n) is 10.8. The molecule has 16 heavy (non-hydrogen) atoms. The van der Waals surface area contributed by atoms with Gasteiger partial charge in [0.05, 0.1) is 0 Å². The van der Waals surface area contributed by atoms with Gasteiger partial charge >= 0.3 is 0 Å². The minimum Gasteiger partial charge on any atom is -0.0996 e. The molecule has 1 aliphatic rings. The van der Waals surface area contributed by atoms with E-state index in [0.29, 0.717) is 0 Å². The van der Waals surface area contributed by atoms with Crippen LogP contribution < -0.4 is 0 Å². The maximum absolute atomic E-state index is 4.21. The highest BCUT2D eigenvalue weighted by Crippen LogP contribution is 2.33. The molecule has 0 spiro atoms. The highest BCUT2D eigenvalue weighted by molar-refractivity contribution is 5.42. The normalized spacial score (nSPS) is 19.3. The Morgan fingerprint density at radius 1 is 1.38 bits per heavy atom. The highest BCUT2D eigenvalue weighted by atomic mass is 14.3. The maximum atomic E-state index is 4.21. The van der Waals surface area contributed by atoms with Crippen molar-refractivity contribution in [2.75, 3.05) is 0 Å². The Hall–Kier alpha value is -1.04. The SMILES string of the molecule is C=C(CC)C1CCc2c(ccc(C)c2C)C1. The van der Waals surface area contributed by atoms with Crippen molar-refractivity contribution in [3.63, 3.8) is 0 Å². The van der Waals surface area contributed by atoms with Crippen LogP contribution in [-0.4, -0.2) is 0 Å². The fourth-order valence-electron chi connectivity index (χ4n) is 2.79. The van der Waals surface area contributed by atoms with E-state index in [1.54, 1.807) is 11.1 Å². The van der Waals surface area contributed by atoms with Gasteiger partial charge in [-0.2, -0.15) is 0 Å². The molecular formula is C16H22. The van der Waals surface area contributed by atoms with Crippen LogP contribution >= 0.6 is 0 Å². The Balaban J connectivity index is 2.29. The topological polar surface area (TPSA) is 0 Å². The van der Waals surface area contributed by atoms with E-state index in [4.69, 9.17) is 0 Å². The summed E-state index contributed by atoms with van der Waals surface area (Å²) in [5, 5.41) is 0. The summed E-state index contributed by atoms with van der Waals surface area (Å²) in [6.07, 6.45) is 4.88. The molecule has 86 valence electrons. The molecule has 0 fully saturated rings. The van der Waals surface area contributed by atoms with Gasteiger partial charge in [0.2, 0.25) is 0 Å². The first kappa shape index (κ1) is 11.4. The Labute approximate surface area is 99.4 Å². The number of fused-ring (bicyclic) bond motifs is 1. The summed E-state index contributed by atoms with van der Waals surface area (Å²) in [6.45, 7) is 10.9. The second-order valence-electron chi connectivity index (χ2n) is 5.10. The molecule has 0 bridgehead atoms. The quantitative estimate of drug-likeness (QED) is 0.641. The third kappa shape index (κ3) is 1.93. The van der Waals surface area contributed by atoms with E-state index < -0.39 is 0 Å². The molecule has 0 saturated heterocycles. The molecule has 1 aromatic rings. The molecule has 0 nitrogen and oxygen atoms in total. The Morgan fingerprint density at radius 3 is 2.81 bits per heavy atom. The number of hydrogen-bond acceptors (Lipinski definition) is 0. The number of benzene rings is 1. The minimum atomic E-state index is 0.722. The van der Waals surface area contributed by atoms with Crippen LogP contribution in [0.25, 0.3) is 0 Å². The van der Waals surface area contributed by atoms with Crippen molar-refractivity contribution in [2.45, 2.75) is 46.5 Å². The lowest BCUT2D eigenvalue weighted by atomic mass is 9.77. The molecular weight excluding hydrogens is 192 g/mol. The molecule has 1 aliphatic carbocycles. The average molecular weight is 214 g/mol. The second-order valence-corrected chi connectivity index (χ2v) is 5.10. The third-order valence-electron chi connectivity index (χ3n) is 4.21. The lowest BCUT2D eigenvalue weighted by Crippen LogP contribution is -2.17. The van der Waals surface area contributed by atoms with Crippen molar-refractivity contribution in [1.82, 2.24) is 0 Å². The maximum Gasteiger partial charge on any atom is -0.0162 e. The van der Waals surface area contributed by atoms with Crippen LogP contribution in [0, 0.1) is 19.8 Å². The fourth-order valence-corrected chi connectivity index (χ4v) is 2.79. The third-order valence-corrected chi connectivity index (χ3v) is 4.21. The molecule has 0 saturated carbocycles. The second kappa shape index (κ2) is 4.45. The van der Waals surface area contributed by atoms with E-state index >= 15 is 0 Å². The molecule has 0 aromatic heterocycles. The van der Waals surface area contributed by atoms with Gasteiger partial charge < -0.3 is 0 Å². The molecule has 0 amide bonds. The lowest BCUT2D eigenvalue weighted by Gasteiger charge is -2.27. The molecule has 0 heterocycles. The van der Waals surface area contributed by atoms with Crippen molar-refractivity contribution in [2.24, 2.45) is 5.92 Å². The van der Waals surface area contributed by atoms with Crippen molar-refractivity contribution < 1.29 is 0 Å². The molecule has 1 unspecified atom stereocenters. The standard InChI is InChI=1S/C16H22/c1-5-11(2)14-8-9-16-13(4)12(3)6-7-15(16)10-14/h6-7,14H,2,5,8-10H2,1,3-4H3. The van der Waals surface area contributed by atoms with Gasteiger partial charge in [-0.3, -0.25) is 0 Å². The summed E-state index contributed by atoms with van der Waals surface area (Å²) < 4.78 is 0. The van der Waals surface area contributed by atoms with Crippen molar-refractivity contribution in [3.05, 3.63) is 46.5 Å². The number of allylic oxidation sites excluding steroid dienone is 1. The largest absolute Gasteiger partial charge is 0.0996 e. The molecule has 2 rings (SSSR count). The van der Waals surface area contributed by atoms with Crippen LogP contribution in [0.3, 0.4) is 0 Å². The monoisotopic (exact) mass is 214 g/mol. The van der Waals surface area contributed by atoms with Crippen molar-refractivity contribution >= 4 is 0 Å². The van der Waals surface area contributed by atoms with E-state index in [1.807, 2.05) is 0 Å². The summed E-state index contributed by atoms with van der Waals surface area (Å²) >= 11 is 0. The molecule has 0 aliphatic heterocycles. The van der Waals surface area contributed by atoms with Gasteiger partial charge in [0.25, 0.3) is 0 Å². The summed E-state index contributed by atoms with van der Waals surface area (Å²) in [6, 6.07) is 4.60. The van der Waals surface area contributed by atoms with Crippen LogP contribution in [0.4, 0.5) is 0 Å². The summed E-state index contributed by atoms with van der Waals surface area (Å²) in [7, 11) is 0. The molecule has 1 aromatic carbocycles. The predicted octanol–water partition coefficient (Wildman–Crippen LogP) is 4.37. The summed E-state index contributed by atoms with van der Waals surface area (Å²) in [5.74, 6) is 0.722. The number of rotatable bonds is 2. The van der Waals surface area contributed by atoms with Crippen LogP contribution in [0.2, 0.25) is 0 Å². The van der Waals surface area contributed by atoms with Gasteiger partial charge in [-0.1, -0.05) is 31.2 Å². The molecule has 0 radical (unpaired) electrons. The first-order valence-electron chi connectivity index (χ1n) is 6.39. The fraction of sp³-hybridized carbons (Fsp3) is 0.500. The predicted molar refractivity (Wildman–Crippen MR) is 70.9 cm³/mol. The van der Waals surface area contributed by atoms with Gasteiger partial charge in [-0.15, -0.1) is 0 Å². The zero-order valence-corrected chi connectivity index (χ0v) is 10.8. The van der Waals surface area contributed by atoms with E-state index in [-0.39, 0.29) is 0 Å². The smallest absolute Gasteiger partial charge is 0.0162 e. The molecule has 0 N–H and O–H groups in total. The molecule has 1 atom stereocenters. The first-order chi connectivity index (χ1) is 7.63. The van der Waals surface area contributed by atoms with Gasteiger partial charge in [0.1, 0.15) is 0 Å². The van der Waals surface area contributed by atoms with E-state index in [1.165, 1.54) is 36.0 Å². The van der Waals surface area contributed by atoms with Gasteiger partial charge in [-0.25, -0.2) is 0 Å². The Morgan fingerprint density at radius 2 is 2.12 bits per heavy atom. The first-order valence-corrected chi connectivity index (χ1v) is 6.39. The van der Waals surface area contributed by atoms with Gasteiger partial charge in [-0.05, 0) is 67.7 Å². The minimum absolute atomic E-state index is 0.722. The highest BCUT2D eigenvalue weighted by Gasteiger charge is 2.21. The van der Waals surface area contributed by atoms with E-state index in [9.17, 15) is 0 Å². The van der Waals surface area contributed by atoms with Crippen LogP contribution in [0.5, 0.6) is 0 Å². The van der Waals surface area contributed by atoms with Gasteiger partial charge in [0.15, 0.2) is 0 Å².